The maximum Gasteiger partial charge on any atom is 0.242 e. The average molecular weight is 320 g/mol. The molecule has 0 radical (unpaired) electrons. The van der Waals surface area contributed by atoms with Gasteiger partial charge in [-0.1, -0.05) is 6.07 Å². The number of benzene rings is 1. The van der Waals surface area contributed by atoms with E-state index in [0.29, 0.717) is 12.2 Å². The number of nitrogens with zero attached hydrogens (tertiary/aromatic N) is 1. The summed E-state index contributed by atoms with van der Waals surface area (Å²) >= 11 is 0. The molecule has 1 aliphatic heterocycles. The molecule has 0 bridgehead atoms. The zero-order chi connectivity index (χ0) is 15.6. The van der Waals surface area contributed by atoms with Crippen LogP contribution < -0.4 is 9.46 Å². The van der Waals surface area contributed by atoms with Gasteiger partial charge >= 0.3 is 0 Å². The fourth-order valence-electron chi connectivity index (χ4n) is 2.31. The van der Waals surface area contributed by atoms with E-state index in [1.807, 2.05) is 6.07 Å². The Morgan fingerprint density at radius 3 is 3.00 bits per heavy atom. The zero-order valence-electron chi connectivity index (χ0n) is 11.8. The van der Waals surface area contributed by atoms with Crippen LogP contribution in [0.3, 0.4) is 0 Å². The number of hydrogen-bond acceptors (Lipinski definition) is 5. The first-order chi connectivity index (χ1) is 10.6. The smallest absolute Gasteiger partial charge is 0.242 e. The summed E-state index contributed by atoms with van der Waals surface area (Å²) in [7, 11) is -3.67. The van der Waals surface area contributed by atoms with Crippen LogP contribution in [0.1, 0.15) is 17.2 Å². The number of sulfonamides is 1. The van der Waals surface area contributed by atoms with E-state index in [9.17, 15) is 13.5 Å². The number of aliphatic hydroxyl groups excluding tert-OH is 1. The number of nitrogens with one attached hydrogen (secondary N) is 1. The molecule has 6 nitrogen and oxygen atoms in total. The predicted molar refractivity (Wildman–Crippen MR) is 80.0 cm³/mol. The molecule has 0 amide bonds. The van der Waals surface area contributed by atoms with Crippen molar-refractivity contribution >= 4 is 10.0 Å². The van der Waals surface area contributed by atoms with E-state index >= 15 is 0 Å². The Hall–Kier alpha value is -1.96. The third kappa shape index (κ3) is 3.11. The summed E-state index contributed by atoms with van der Waals surface area (Å²) in [5.41, 5.74) is 1.70. The van der Waals surface area contributed by atoms with Crippen molar-refractivity contribution in [1.29, 1.82) is 0 Å². The highest BCUT2D eigenvalue weighted by molar-refractivity contribution is 7.89. The highest BCUT2D eigenvalue weighted by Crippen LogP contribution is 2.28. The molecular formula is C15H16N2O4S. The van der Waals surface area contributed by atoms with Crippen LogP contribution >= 0.6 is 0 Å². The van der Waals surface area contributed by atoms with Gasteiger partial charge in [-0.25, -0.2) is 13.1 Å². The fraction of sp³-hybridized carbons (Fsp3) is 0.267. The van der Waals surface area contributed by atoms with E-state index in [0.717, 1.165) is 17.7 Å². The van der Waals surface area contributed by atoms with Gasteiger partial charge in [0.15, 0.2) is 0 Å². The van der Waals surface area contributed by atoms with Crippen molar-refractivity contribution in [3.8, 4) is 5.75 Å². The molecule has 7 heteroatoms. The molecule has 0 saturated carbocycles. The summed E-state index contributed by atoms with van der Waals surface area (Å²) in [5.74, 6) is 0.826. The Bertz CT molecular complexity index is 762. The first-order valence-corrected chi connectivity index (χ1v) is 8.38. The van der Waals surface area contributed by atoms with Gasteiger partial charge in [-0.05, 0) is 35.4 Å². The van der Waals surface area contributed by atoms with Crippen molar-refractivity contribution in [2.75, 3.05) is 13.2 Å². The van der Waals surface area contributed by atoms with E-state index in [1.54, 1.807) is 18.2 Å². The van der Waals surface area contributed by atoms with E-state index < -0.39 is 16.1 Å². The van der Waals surface area contributed by atoms with E-state index in [2.05, 4.69) is 9.71 Å². The molecule has 0 fully saturated rings. The molecule has 0 unspecified atom stereocenters. The van der Waals surface area contributed by atoms with Crippen LogP contribution in [0.15, 0.2) is 47.6 Å². The summed E-state index contributed by atoms with van der Waals surface area (Å²) in [4.78, 5) is 3.85. The fourth-order valence-corrected chi connectivity index (χ4v) is 3.31. The summed E-state index contributed by atoms with van der Waals surface area (Å²) in [6.45, 7) is 0.541. The second-order valence-electron chi connectivity index (χ2n) is 5.02. The van der Waals surface area contributed by atoms with Crippen molar-refractivity contribution in [2.24, 2.45) is 0 Å². The summed E-state index contributed by atoms with van der Waals surface area (Å²) in [6.07, 6.45) is 2.65. The van der Waals surface area contributed by atoms with Crippen molar-refractivity contribution in [1.82, 2.24) is 9.71 Å². The van der Waals surface area contributed by atoms with E-state index in [4.69, 9.17) is 4.74 Å². The quantitative estimate of drug-likeness (QED) is 0.859. The molecule has 2 N–H and O–H groups in total. The SMILES string of the molecule is O=S(=O)(NC[C@@H](O)c1ccc2c(c1)CCO2)c1cccnc1. The molecule has 1 atom stereocenters. The van der Waals surface area contributed by atoms with Gasteiger partial charge in [0.1, 0.15) is 10.6 Å². The Morgan fingerprint density at radius 2 is 2.23 bits per heavy atom. The van der Waals surface area contributed by atoms with E-state index in [-0.39, 0.29) is 11.4 Å². The van der Waals surface area contributed by atoms with Crippen molar-refractivity contribution in [3.05, 3.63) is 53.9 Å². The molecule has 2 heterocycles. The number of pyridine rings is 1. The summed E-state index contributed by atoms with van der Waals surface area (Å²) in [6, 6.07) is 8.40. The Balaban J connectivity index is 1.69. The Kier molecular flexibility index (Phi) is 4.10. The van der Waals surface area contributed by atoms with Crippen molar-refractivity contribution in [2.45, 2.75) is 17.4 Å². The highest BCUT2D eigenvalue weighted by Gasteiger charge is 2.19. The second kappa shape index (κ2) is 6.04. The van der Waals surface area contributed by atoms with Gasteiger partial charge in [0.2, 0.25) is 10.0 Å². The van der Waals surface area contributed by atoms with Gasteiger partial charge in [0.25, 0.3) is 0 Å². The van der Waals surface area contributed by atoms with Crippen LogP contribution in [0.2, 0.25) is 0 Å². The van der Waals surface area contributed by atoms with Crippen LogP contribution in [0.4, 0.5) is 0 Å². The molecule has 22 heavy (non-hydrogen) atoms. The first-order valence-electron chi connectivity index (χ1n) is 6.90. The molecule has 116 valence electrons. The lowest BCUT2D eigenvalue weighted by Crippen LogP contribution is -2.28. The molecule has 1 aromatic heterocycles. The molecule has 3 rings (SSSR count). The maximum absolute atomic E-state index is 12.1. The Labute approximate surface area is 128 Å². The molecule has 2 aromatic rings. The lowest BCUT2D eigenvalue weighted by Gasteiger charge is -2.13. The summed E-state index contributed by atoms with van der Waals surface area (Å²) in [5, 5.41) is 10.2. The van der Waals surface area contributed by atoms with Crippen LogP contribution in [0.25, 0.3) is 0 Å². The molecular weight excluding hydrogens is 304 g/mol. The third-order valence-electron chi connectivity index (χ3n) is 3.51. The van der Waals surface area contributed by atoms with Crippen LogP contribution in [0.5, 0.6) is 5.75 Å². The van der Waals surface area contributed by atoms with Crippen LogP contribution in [0, 0.1) is 0 Å². The number of aliphatic hydroxyl groups is 1. The lowest BCUT2D eigenvalue weighted by molar-refractivity contribution is 0.182. The van der Waals surface area contributed by atoms with Crippen molar-refractivity contribution < 1.29 is 18.3 Å². The van der Waals surface area contributed by atoms with E-state index in [1.165, 1.54) is 18.5 Å². The molecule has 1 aromatic carbocycles. The lowest BCUT2D eigenvalue weighted by atomic mass is 10.0. The Morgan fingerprint density at radius 1 is 1.36 bits per heavy atom. The van der Waals surface area contributed by atoms with Crippen LogP contribution in [-0.4, -0.2) is 31.7 Å². The normalized spacial score (nSPS) is 15.1. The minimum absolute atomic E-state index is 0.0737. The van der Waals surface area contributed by atoms with Crippen molar-refractivity contribution in [3.63, 3.8) is 0 Å². The zero-order valence-corrected chi connectivity index (χ0v) is 12.6. The average Bonchev–Trinajstić information content (AvgIpc) is 3.01. The molecule has 1 aliphatic rings. The van der Waals surface area contributed by atoms with Gasteiger partial charge in [-0.3, -0.25) is 4.98 Å². The topological polar surface area (TPSA) is 88.5 Å². The third-order valence-corrected chi connectivity index (χ3v) is 4.92. The maximum atomic E-state index is 12.1. The van der Waals surface area contributed by atoms with Crippen LogP contribution in [-0.2, 0) is 16.4 Å². The van der Waals surface area contributed by atoms with Gasteiger partial charge in [-0.2, -0.15) is 0 Å². The highest BCUT2D eigenvalue weighted by atomic mass is 32.2. The number of ether oxygens (including phenoxy) is 1. The molecule has 0 saturated heterocycles. The standard InChI is InChI=1S/C15H16N2O4S/c18-14(11-3-4-15-12(8-11)5-7-21-15)10-17-22(19,20)13-2-1-6-16-9-13/h1-4,6,8-9,14,17-18H,5,7,10H2/t14-/m1/s1. The minimum Gasteiger partial charge on any atom is -0.493 e. The predicted octanol–water partition coefficient (Wildman–Crippen LogP) is 1.03. The number of fused-ring (bicyclic) bond motifs is 1. The largest absolute Gasteiger partial charge is 0.493 e. The van der Waals surface area contributed by atoms with Gasteiger partial charge < -0.3 is 9.84 Å². The second-order valence-corrected chi connectivity index (χ2v) is 6.79. The molecule has 0 aliphatic carbocycles. The minimum atomic E-state index is -3.67. The van der Waals surface area contributed by atoms with Gasteiger partial charge in [0.05, 0.1) is 12.7 Å². The number of rotatable bonds is 5. The van der Waals surface area contributed by atoms with Gasteiger partial charge in [0, 0.05) is 25.4 Å². The molecule has 0 spiro atoms. The first kappa shape index (κ1) is 15.0. The number of aromatic nitrogens is 1. The monoisotopic (exact) mass is 320 g/mol. The summed E-state index contributed by atoms with van der Waals surface area (Å²) < 4.78 is 31.9. The number of hydrogen-bond donors (Lipinski definition) is 2. The van der Waals surface area contributed by atoms with Gasteiger partial charge in [-0.15, -0.1) is 0 Å².